The molecular weight excluding hydrogens is 377 g/mol. The Hall–Kier alpha value is -1.99. The van der Waals surface area contributed by atoms with Gasteiger partial charge in [-0.05, 0) is 36.4 Å². The number of likely N-dealkylation sites (tertiary alicyclic amines) is 1. The Morgan fingerprint density at radius 1 is 0.893 bits per heavy atom. The van der Waals surface area contributed by atoms with Gasteiger partial charge in [-0.2, -0.15) is 0 Å². The molecule has 2 aliphatic heterocycles. The van der Waals surface area contributed by atoms with Gasteiger partial charge in [-0.15, -0.1) is 11.3 Å². The summed E-state index contributed by atoms with van der Waals surface area (Å²) in [5.41, 5.74) is 0. The number of fused-ring (bicyclic) bond motifs is 1. The second-order valence-electron chi connectivity index (χ2n) is 7.66. The van der Waals surface area contributed by atoms with Crippen LogP contribution in [-0.2, 0) is 4.79 Å². The van der Waals surface area contributed by atoms with Crippen molar-refractivity contribution < 1.29 is 14.0 Å². The number of benzene rings is 1. The highest BCUT2D eigenvalue weighted by atomic mass is 32.1. The Labute approximate surface area is 168 Å². The maximum atomic E-state index is 13.4. The first-order chi connectivity index (χ1) is 13.6. The highest BCUT2D eigenvalue weighted by Crippen LogP contribution is 2.27. The van der Waals surface area contributed by atoms with Crippen molar-refractivity contribution in [2.24, 2.45) is 0 Å². The van der Waals surface area contributed by atoms with E-state index >= 15 is 0 Å². The third-order valence-electron chi connectivity index (χ3n) is 5.67. The summed E-state index contributed by atoms with van der Waals surface area (Å²) in [6.07, 6.45) is 4.64. The second kappa shape index (κ2) is 8.57. The van der Waals surface area contributed by atoms with Crippen LogP contribution in [0.1, 0.15) is 35.4 Å². The van der Waals surface area contributed by atoms with E-state index in [0.29, 0.717) is 37.6 Å². The Balaban J connectivity index is 1.31. The van der Waals surface area contributed by atoms with Crippen LogP contribution >= 0.6 is 11.3 Å². The SMILES string of the molecule is O=C(CN1CCN(C(=O)c2cc3ccc(F)cc3s2)CC1)N1CCCCCC1. The number of nitrogens with zero attached hydrogens (tertiary/aromatic N) is 3. The maximum absolute atomic E-state index is 13.4. The van der Waals surface area contributed by atoms with Crippen molar-refractivity contribution in [2.45, 2.75) is 25.7 Å². The van der Waals surface area contributed by atoms with Crippen LogP contribution in [-0.4, -0.2) is 72.3 Å². The molecule has 7 heteroatoms. The predicted octanol–water partition coefficient (Wildman–Crippen LogP) is 3.20. The lowest BCUT2D eigenvalue weighted by molar-refractivity contribution is -0.132. The molecule has 0 saturated carbocycles. The standard InChI is InChI=1S/C21H26FN3O2S/c22-17-6-5-16-13-19(28-18(16)14-17)21(27)25-11-9-23(10-12-25)15-20(26)24-7-3-1-2-4-8-24/h5-6,13-14H,1-4,7-12,15H2. The minimum atomic E-state index is -0.281. The summed E-state index contributed by atoms with van der Waals surface area (Å²) in [6.45, 7) is 4.87. The van der Waals surface area contributed by atoms with Crippen LogP contribution in [0.5, 0.6) is 0 Å². The van der Waals surface area contributed by atoms with Crippen LogP contribution in [0.25, 0.3) is 10.1 Å². The van der Waals surface area contributed by atoms with Crippen molar-refractivity contribution in [3.8, 4) is 0 Å². The van der Waals surface area contributed by atoms with E-state index in [0.717, 1.165) is 36.0 Å². The highest BCUT2D eigenvalue weighted by Gasteiger charge is 2.26. The number of thiophene rings is 1. The highest BCUT2D eigenvalue weighted by molar-refractivity contribution is 7.20. The number of piperazine rings is 1. The lowest BCUT2D eigenvalue weighted by Gasteiger charge is -2.35. The van der Waals surface area contributed by atoms with E-state index in [4.69, 9.17) is 0 Å². The Morgan fingerprint density at radius 2 is 1.61 bits per heavy atom. The van der Waals surface area contributed by atoms with E-state index < -0.39 is 0 Å². The Morgan fingerprint density at radius 3 is 2.32 bits per heavy atom. The molecule has 3 heterocycles. The summed E-state index contributed by atoms with van der Waals surface area (Å²) in [5.74, 6) is -0.0654. The molecular formula is C21H26FN3O2S. The van der Waals surface area contributed by atoms with Crippen molar-refractivity contribution in [1.29, 1.82) is 0 Å². The molecule has 0 aliphatic carbocycles. The lowest BCUT2D eigenvalue weighted by Crippen LogP contribution is -2.51. The number of hydrogen-bond acceptors (Lipinski definition) is 4. The molecule has 0 atom stereocenters. The van der Waals surface area contributed by atoms with Crippen LogP contribution < -0.4 is 0 Å². The van der Waals surface area contributed by atoms with Gasteiger partial charge in [-0.1, -0.05) is 18.9 Å². The second-order valence-corrected chi connectivity index (χ2v) is 8.74. The van der Waals surface area contributed by atoms with Gasteiger partial charge in [0, 0.05) is 44.0 Å². The van der Waals surface area contributed by atoms with Crippen molar-refractivity contribution in [3.05, 3.63) is 35.0 Å². The third-order valence-corrected chi connectivity index (χ3v) is 6.76. The number of rotatable bonds is 3. The summed E-state index contributed by atoms with van der Waals surface area (Å²) in [7, 11) is 0. The molecule has 2 amide bonds. The average Bonchev–Trinajstić information content (AvgIpc) is 2.92. The normalized spacial score (nSPS) is 19.0. The molecule has 0 radical (unpaired) electrons. The largest absolute Gasteiger partial charge is 0.342 e. The minimum absolute atomic E-state index is 0.0000952. The maximum Gasteiger partial charge on any atom is 0.264 e. The van der Waals surface area contributed by atoms with Gasteiger partial charge in [-0.3, -0.25) is 14.5 Å². The van der Waals surface area contributed by atoms with Gasteiger partial charge < -0.3 is 9.80 Å². The molecule has 0 N–H and O–H groups in total. The van der Waals surface area contributed by atoms with E-state index in [1.165, 1.54) is 36.3 Å². The number of carbonyl (C=O) groups is 2. The van der Waals surface area contributed by atoms with Gasteiger partial charge in [0.1, 0.15) is 5.82 Å². The monoisotopic (exact) mass is 403 g/mol. The summed E-state index contributed by atoms with van der Waals surface area (Å²) in [6, 6.07) is 6.45. The fourth-order valence-corrected chi connectivity index (χ4v) is 5.04. The summed E-state index contributed by atoms with van der Waals surface area (Å²) in [4.78, 5) is 32.0. The van der Waals surface area contributed by atoms with E-state index in [-0.39, 0.29) is 17.6 Å². The fourth-order valence-electron chi connectivity index (χ4n) is 3.99. The van der Waals surface area contributed by atoms with Gasteiger partial charge in [0.25, 0.3) is 5.91 Å². The zero-order chi connectivity index (χ0) is 19.5. The van der Waals surface area contributed by atoms with Crippen molar-refractivity contribution >= 4 is 33.2 Å². The lowest BCUT2D eigenvalue weighted by atomic mass is 10.2. The van der Waals surface area contributed by atoms with E-state index in [2.05, 4.69) is 4.90 Å². The van der Waals surface area contributed by atoms with Gasteiger partial charge in [0.2, 0.25) is 5.91 Å². The predicted molar refractivity (Wildman–Crippen MR) is 109 cm³/mol. The molecule has 150 valence electrons. The van der Waals surface area contributed by atoms with Crippen LogP contribution in [0.15, 0.2) is 24.3 Å². The molecule has 0 bridgehead atoms. The molecule has 2 fully saturated rings. The first kappa shape index (κ1) is 19.3. The molecule has 2 saturated heterocycles. The topological polar surface area (TPSA) is 43.9 Å². The Kier molecular flexibility index (Phi) is 5.92. The molecule has 0 unspecified atom stereocenters. The molecule has 2 aromatic rings. The smallest absolute Gasteiger partial charge is 0.264 e. The van der Waals surface area contributed by atoms with Crippen molar-refractivity contribution in [1.82, 2.24) is 14.7 Å². The molecule has 28 heavy (non-hydrogen) atoms. The summed E-state index contributed by atoms with van der Waals surface area (Å²) in [5, 5.41) is 0.899. The zero-order valence-corrected chi connectivity index (χ0v) is 16.8. The molecule has 1 aromatic carbocycles. The van der Waals surface area contributed by atoms with Crippen LogP contribution in [0.3, 0.4) is 0 Å². The third kappa shape index (κ3) is 4.36. The molecule has 1 aromatic heterocycles. The number of amides is 2. The molecule has 4 rings (SSSR count). The quantitative estimate of drug-likeness (QED) is 0.791. The fraction of sp³-hybridized carbons (Fsp3) is 0.524. The summed E-state index contributed by atoms with van der Waals surface area (Å²) >= 11 is 1.34. The number of hydrogen-bond donors (Lipinski definition) is 0. The van der Waals surface area contributed by atoms with Gasteiger partial charge in [-0.25, -0.2) is 4.39 Å². The van der Waals surface area contributed by atoms with E-state index in [1.807, 2.05) is 15.9 Å². The van der Waals surface area contributed by atoms with Crippen LogP contribution in [0.2, 0.25) is 0 Å². The van der Waals surface area contributed by atoms with Crippen LogP contribution in [0.4, 0.5) is 4.39 Å². The Bertz CT molecular complexity index is 852. The first-order valence-electron chi connectivity index (χ1n) is 10.1. The molecule has 5 nitrogen and oxygen atoms in total. The summed E-state index contributed by atoms with van der Waals surface area (Å²) < 4.78 is 14.2. The van der Waals surface area contributed by atoms with Gasteiger partial charge in [0.05, 0.1) is 11.4 Å². The van der Waals surface area contributed by atoms with E-state index in [1.54, 1.807) is 6.07 Å². The van der Waals surface area contributed by atoms with Crippen LogP contribution in [0, 0.1) is 5.82 Å². The number of carbonyl (C=O) groups excluding carboxylic acids is 2. The van der Waals surface area contributed by atoms with Crippen molar-refractivity contribution in [2.75, 3.05) is 45.8 Å². The molecule has 0 spiro atoms. The van der Waals surface area contributed by atoms with Crippen molar-refractivity contribution in [3.63, 3.8) is 0 Å². The average molecular weight is 404 g/mol. The van der Waals surface area contributed by atoms with E-state index in [9.17, 15) is 14.0 Å². The first-order valence-corrected chi connectivity index (χ1v) is 10.9. The minimum Gasteiger partial charge on any atom is -0.342 e. The zero-order valence-electron chi connectivity index (χ0n) is 16.0. The van der Waals surface area contributed by atoms with Gasteiger partial charge in [0.15, 0.2) is 0 Å². The molecule has 2 aliphatic rings. The number of halogens is 1. The van der Waals surface area contributed by atoms with Gasteiger partial charge >= 0.3 is 0 Å².